The zero-order valence-electron chi connectivity index (χ0n) is 12.3. The molecule has 3 nitrogen and oxygen atoms in total. The molecule has 20 heavy (non-hydrogen) atoms. The Morgan fingerprint density at radius 1 is 1.20 bits per heavy atom. The average Bonchev–Trinajstić information content (AvgIpc) is 2.48. The molecule has 0 spiro atoms. The van der Waals surface area contributed by atoms with Crippen molar-refractivity contribution in [3.05, 3.63) is 35.9 Å². The molecule has 0 aliphatic carbocycles. The predicted octanol–water partition coefficient (Wildman–Crippen LogP) is 2.77. The van der Waals surface area contributed by atoms with Crippen molar-refractivity contribution in [2.75, 3.05) is 25.1 Å². The van der Waals surface area contributed by atoms with Crippen LogP contribution in [0, 0.1) is 0 Å². The second-order valence-corrected chi connectivity index (χ2v) is 5.88. The van der Waals surface area contributed by atoms with Gasteiger partial charge in [-0.2, -0.15) is 11.8 Å². The van der Waals surface area contributed by atoms with E-state index in [1.54, 1.807) is 0 Å². The number of hydrogen-bond donors (Lipinski definition) is 2. The highest BCUT2D eigenvalue weighted by Gasteiger charge is 2.17. The largest absolute Gasteiger partial charge is 0.356 e. The summed E-state index contributed by atoms with van der Waals surface area (Å²) >= 11 is 1.89. The van der Waals surface area contributed by atoms with E-state index in [-0.39, 0.29) is 11.8 Å². The third kappa shape index (κ3) is 6.44. The summed E-state index contributed by atoms with van der Waals surface area (Å²) in [4.78, 5) is 12.1. The van der Waals surface area contributed by atoms with Gasteiger partial charge in [0, 0.05) is 13.1 Å². The number of thioether (sulfide) groups is 1. The van der Waals surface area contributed by atoms with Crippen molar-refractivity contribution in [2.45, 2.75) is 31.6 Å². The van der Waals surface area contributed by atoms with Crippen LogP contribution in [-0.4, -0.2) is 31.0 Å². The van der Waals surface area contributed by atoms with Crippen molar-refractivity contribution in [2.24, 2.45) is 5.73 Å². The maximum absolute atomic E-state index is 12.1. The summed E-state index contributed by atoms with van der Waals surface area (Å²) in [5.41, 5.74) is 6.72. The van der Waals surface area contributed by atoms with E-state index < -0.39 is 0 Å². The molecule has 1 atom stereocenters. The highest BCUT2D eigenvalue weighted by molar-refractivity contribution is 7.98. The molecule has 0 radical (unpaired) electrons. The Bertz CT molecular complexity index is 370. The molecule has 0 bridgehead atoms. The SMILES string of the molecule is CSCCCCCCNC(=O)C(CN)c1ccccc1. The number of rotatable bonds is 10. The summed E-state index contributed by atoms with van der Waals surface area (Å²) in [7, 11) is 0. The molecule has 0 aliphatic rings. The fourth-order valence-electron chi connectivity index (χ4n) is 2.14. The number of amides is 1. The minimum absolute atomic E-state index is 0.0443. The van der Waals surface area contributed by atoms with E-state index >= 15 is 0 Å². The van der Waals surface area contributed by atoms with Gasteiger partial charge in [-0.3, -0.25) is 4.79 Å². The van der Waals surface area contributed by atoms with Crippen LogP contribution in [0.3, 0.4) is 0 Å². The first-order chi connectivity index (χ1) is 9.79. The lowest BCUT2D eigenvalue weighted by atomic mass is 9.98. The van der Waals surface area contributed by atoms with Crippen molar-refractivity contribution in [1.82, 2.24) is 5.32 Å². The van der Waals surface area contributed by atoms with Crippen LogP contribution < -0.4 is 11.1 Å². The number of benzene rings is 1. The second-order valence-electron chi connectivity index (χ2n) is 4.90. The van der Waals surface area contributed by atoms with E-state index in [9.17, 15) is 4.79 Å². The van der Waals surface area contributed by atoms with E-state index in [1.807, 2.05) is 42.1 Å². The molecule has 112 valence electrons. The number of nitrogens with two attached hydrogens (primary N) is 1. The van der Waals surface area contributed by atoms with E-state index in [1.165, 1.54) is 25.0 Å². The Hall–Kier alpha value is -1.00. The van der Waals surface area contributed by atoms with Crippen LogP contribution in [0.25, 0.3) is 0 Å². The van der Waals surface area contributed by atoms with Crippen LogP contribution in [0.15, 0.2) is 30.3 Å². The maximum Gasteiger partial charge on any atom is 0.228 e. The smallest absolute Gasteiger partial charge is 0.228 e. The quantitative estimate of drug-likeness (QED) is 0.652. The lowest BCUT2D eigenvalue weighted by Gasteiger charge is -2.15. The summed E-state index contributed by atoms with van der Waals surface area (Å²) in [6.45, 7) is 1.10. The molecule has 1 rings (SSSR count). The van der Waals surface area contributed by atoms with Crippen molar-refractivity contribution >= 4 is 17.7 Å². The number of unbranched alkanes of at least 4 members (excludes halogenated alkanes) is 3. The number of carbonyl (C=O) groups excluding carboxylic acids is 1. The van der Waals surface area contributed by atoms with Crippen LogP contribution >= 0.6 is 11.8 Å². The fraction of sp³-hybridized carbons (Fsp3) is 0.562. The standard InChI is InChI=1S/C16H26N2OS/c1-20-12-8-3-2-7-11-18-16(19)15(13-17)14-9-5-4-6-10-14/h4-6,9-10,15H,2-3,7-8,11-13,17H2,1H3,(H,18,19). The minimum atomic E-state index is -0.229. The third-order valence-electron chi connectivity index (χ3n) is 3.33. The molecule has 0 saturated heterocycles. The highest BCUT2D eigenvalue weighted by atomic mass is 32.2. The number of hydrogen-bond acceptors (Lipinski definition) is 3. The Morgan fingerprint density at radius 3 is 2.55 bits per heavy atom. The van der Waals surface area contributed by atoms with E-state index in [4.69, 9.17) is 5.73 Å². The first-order valence-corrected chi connectivity index (χ1v) is 8.70. The monoisotopic (exact) mass is 294 g/mol. The van der Waals surface area contributed by atoms with Gasteiger partial charge in [0.1, 0.15) is 0 Å². The molecular weight excluding hydrogens is 268 g/mol. The van der Waals surface area contributed by atoms with Gasteiger partial charge in [-0.05, 0) is 30.4 Å². The molecule has 0 saturated carbocycles. The van der Waals surface area contributed by atoms with Crippen LogP contribution in [0.5, 0.6) is 0 Å². The lowest BCUT2D eigenvalue weighted by Crippen LogP contribution is -2.34. The molecule has 1 unspecified atom stereocenters. The topological polar surface area (TPSA) is 55.1 Å². The van der Waals surface area contributed by atoms with Crippen molar-refractivity contribution in [3.63, 3.8) is 0 Å². The van der Waals surface area contributed by atoms with Gasteiger partial charge in [-0.1, -0.05) is 43.2 Å². The molecule has 4 heteroatoms. The predicted molar refractivity (Wildman–Crippen MR) is 88.1 cm³/mol. The molecule has 1 aromatic rings. The summed E-state index contributed by atoms with van der Waals surface area (Å²) in [6, 6.07) is 9.75. The van der Waals surface area contributed by atoms with Crippen molar-refractivity contribution < 1.29 is 4.79 Å². The Morgan fingerprint density at radius 2 is 1.90 bits per heavy atom. The fourth-order valence-corrected chi connectivity index (χ4v) is 2.63. The van der Waals surface area contributed by atoms with Crippen molar-refractivity contribution in [3.8, 4) is 0 Å². The van der Waals surface area contributed by atoms with Gasteiger partial charge in [-0.25, -0.2) is 0 Å². The van der Waals surface area contributed by atoms with Gasteiger partial charge < -0.3 is 11.1 Å². The van der Waals surface area contributed by atoms with Crippen molar-refractivity contribution in [1.29, 1.82) is 0 Å². The zero-order chi connectivity index (χ0) is 14.6. The molecule has 0 fully saturated rings. The molecule has 1 aromatic carbocycles. The zero-order valence-corrected chi connectivity index (χ0v) is 13.1. The van der Waals surface area contributed by atoms with Gasteiger partial charge in [0.15, 0.2) is 0 Å². The number of carbonyl (C=O) groups is 1. The molecule has 3 N–H and O–H groups in total. The highest BCUT2D eigenvalue weighted by Crippen LogP contribution is 2.14. The third-order valence-corrected chi connectivity index (χ3v) is 4.03. The molecule has 0 aromatic heterocycles. The van der Waals surface area contributed by atoms with Gasteiger partial charge >= 0.3 is 0 Å². The van der Waals surface area contributed by atoms with Crippen LogP contribution in [0.2, 0.25) is 0 Å². The maximum atomic E-state index is 12.1. The second kappa shape index (κ2) is 10.7. The van der Waals surface area contributed by atoms with Crippen LogP contribution in [-0.2, 0) is 4.79 Å². The minimum Gasteiger partial charge on any atom is -0.356 e. The van der Waals surface area contributed by atoms with Gasteiger partial charge in [-0.15, -0.1) is 0 Å². The normalized spacial score (nSPS) is 12.1. The molecular formula is C16H26N2OS. The van der Waals surface area contributed by atoms with Gasteiger partial charge in [0.05, 0.1) is 5.92 Å². The number of nitrogens with one attached hydrogen (secondary N) is 1. The summed E-state index contributed by atoms with van der Waals surface area (Å²) in [6.07, 6.45) is 6.88. The average molecular weight is 294 g/mol. The Balaban J connectivity index is 2.24. The van der Waals surface area contributed by atoms with Gasteiger partial charge in [0.2, 0.25) is 5.91 Å². The molecule has 1 amide bonds. The Labute approximate surface area is 126 Å². The van der Waals surface area contributed by atoms with E-state index in [0.29, 0.717) is 6.54 Å². The summed E-state index contributed by atoms with van der Waals surface area (Å²) in [5, 5.41) is 3.00. The first kappa shape index (κ1) is 17.1. The Kier molecular flexibility index (Phi) is 9.16. The van der Waals surface area contributed by atoms with Crippen LogP contribution in [0.4, 0.5) is 0 Å². The lowest BCUT2D eigenvalue weighted by molar-refractivity contribution is -0.122. The summed E-state index contributed by atoms with van der Waals surface area (Å²) < 4.78 is 0. The van der Waals surface area contributed by atoms with Crippen LogP contribution in [0.1, 0.15) is 37.2 Å². The van der Waals surface area contributed by atoms with Gasteiger partial charge in [0.25, 0.3) is 0 Å². The first-order valence-electron chi connectivity index (χ1n) is 7.31. The molecule has 0 aliphatic heterocycles. The van der Waals surface area contributed by atoms with E-state index in [2.05, 4.69) is 11.6 Å². The summed E-state index contributed by atoms with van der Waals surface area (Å²) in [5.74, 6) is 1.05. The molecule has 0 heterocycles. The van der Waals surface area contributed by atoms with E-state index in [0.717, 1.165) is 18.5 Å².